The van der Waals surface area contributed by atoms with E-state index in [-0.39, 0.29) is 17.0 Å². The zero-order chi connectivity index (χ0) is 30.8. The summed E-state index contributed by atoms with van der Waals surface area (Å²) in [6.07, 6.45) is 3.57. The summed E-state index contributed by atoms with van der Waals surface area (Å²) in [5, 5.41) is 10.3. The zero-order valence-corrected chi connectivity index (χ0v) is 23.6. The third-order valence-corrected chi connectivity index (χ3v) is 7.04. The minimum Gasteiger partial charge on any atom is -0.497 e. The van der Waals surface area contributed by atoms with Crippen LogP contribution in [0.2, 0.25) is 0 Å². The van der Waals surface area contributed by atoms with Crippen LogP contribution in [0.4, 0.5) is 14.5 Å². The summed E-state index contributed by atoms with van der Waals surface area (Å²) < 4.78 is 41.4. The summed E-state index contributed by atoms with van der Waals surface area (Å²) in [6, 6.07) is 19.7. The van der Waals surface area contributed by atoms with Crippen molar-refractivity contribution in [3.63, 3.8) is 0 Å². The average Bonchev–Trinajstić information content (AvgIpc) is 3.41. The standard InChI is InChI=1S/C33H25F2N5O4/c1-19-29-30(21(18-36-31(29)39-38-19)16-20-5-12-25(43-2)13-6-20)44-28-14-9-23(17-27(28)35)37-32(41)26-4-3-15-40(33(26)42)24-10-7-22(34)8-11-24/h3-15,17-18H,16H2,1-2H3,(H,37,41)(H,36,38,39). The predicted octanol–water partition coefficient (Wildman–Crippen LogP) is 6.34. The lowest BCUT2D eigenvalue weighted by Crippen LogP contribution is -2.27. The maximum Gasteiger partial charge on any atom is 0.267 e. The number of methoxy groups -OCH3 is 1. The van der Waals surface area contributed by atoms with E-state index in [0.717, 1.165) is 17.4 Å². The van der Waals surface area contributed by atoms with E-state index in [9.17, 15) is 14.0 Å². The van der Waals surface area contributed by atoms with Gasteiger partial charge in [0.05, 0.1) is 12.5 Å². The molecule has 0 unspecified atom stereocenters. The van der Waals surface area contributed by atoms with Crippen LogP contribution >= 0.6 is 0 Å². The molecular weight excluding hydrogens is 568 g/mol. The van der Waals surface area contributed by atoms with Gasteiger partial charge in [0.2, 0.25) is 0 Å². The predicted molar refractivity (Wildman–Crippen MR) is 161 cm³/mol. The quantitative estimate of drug-likeness (QED) is 0.213. The van der Waals surface area contributed by atoms with Crippen LogP contribution < -0.4 is 20.3 Å². The molecule has 0 aliphatic heterocycles. The van der Waals surface area contributed by atoms with Crippen molar-refractivity contribution in [2.75, 3.05) is 12.4 Å². The monoisotopic (exact) mass is 593 g/mol. The lowest BCUT2D eigenvalue weighted by molar-refractivity contribution is 0.102. The largest absolute Gasteiger partial charge is 0.497 e. The van der Waals surface area contributed by atoms with Crippen LogP contribution in [0, 0.1) is 18.6 Å². The molecular formula is C33H25F2N5O4. The third kappa shape index (κ3) is 5.62. The number of hydrogen-bond acceptors (Lipinski definition) is 6. The molecule has 6 aromatic rings. The van der Waals surface area contributed by atoms with Crippen molar-refractivity contribution in [1.82, 2.24) is 19.7 Å². The molecule has 0 bridgehead atoms. The molecule has 6 rings (SSSR count). The Morgan fingerprint density at radius 2 is 1.80 bits per heavy atom. The number of anilines is 1. The number of fused-ring (bicyclic) bond motifs is 1. The highest BCUT2D eigenvalue weighted by molar-refractivity contribution is 6.04. The molecule has 3 aromatic heterocycles. The van der Waals surface area contributed by atoms with E-state index in [2.05, 4.69) is 20.5 Å². The summed E-state index contributed by atoms with van der Waals surface area (Å²) >= 11 is 0. The van der Waals surface area contributed by atoms with Gasteiger partial charge in [-0.2, -0.15) is 5.10 Å². The molecule has 0 atom stereocenters. The smallest absolute Gasteiger partial charge is 0.267 e. The van der Waals surface area contributed by atoms with Crippen LogP contribution in [0.15, 0.2) is 96.1 Å². The second kappa shape index (κ2) is 11.8. The first-order valence-electron chi connectivity index (χ1n) is 13.5. The van der Waals surface area contributed by atoms with Gasteiger partial charge in [-0.05, 0) is 73.2 Å². The number of aromatic nitrogens is 4. The fourth-order valence-corrected chi connectivity index (χ4v) is 4.79. The molecule has 0 saturated carbocycles. The highest BCUT2D eigenvalue weighted by Gasteiger charge is 2.19. The van der Waals surface area contributed by atoms with Crippen LogP contribution in [-0.2, 0) is 6.42 Å². The highest BCUT2D eigenvalue weighted by atomic mass is 19.1. The van der Waals surface area contributed by atoms with E-state index < -0.39 is 23.1 Å². The minimum absolute atomic E-state index is 0.0783. The molecule has 0 aliphatic rings. The Morgan fingerprint density at radius 3 is 2.52 bits per heavy atom. The first-order chi connectivity index (χ1) is 21.3. The fraction of sp³-hybridized carbons (Fsp3) is 0.0909. The van der Waals surface area contributed by atoms with Crippen molar-refractivity contribution in [3.8, 4) is 22.9 Å². The summed E-state index contributed by atoms with van der Waals surface area (Å²) in [4.78, 5) is 30.5. The van der Waals surface area contributed by atoms with Gasteiger partial charge < -0.3 is 14.8 Å². The number of rotatable bonds is 8. The number of pyridine rings is 2. The van der Waals surface area contributed by atoms with Crippen LogP contribution in [0.25, 0.3) is 16.7 Å². The number of nitrogens with zero attached hydrogens (tertiary/aromatic N) is 3. The van der Waals surface area contributed by atoms with Crippen molar-refractivity contribution in [2.45, 2.75) is 13.3 Å². The van der Waals surface area contributed by atoms with Crippen molar-refractivity contribution in [2.24, 2.45) is 0 Å². The first kappa shape index (κ1) is 28.3. The number of carbonyl (C=O) groups excluding carboxylic acids is 1. The molecule has 220 valence electrons. The topological polar surface area (TPSA) is 111 Å². The Labute approximate surface area is 249 Å². The van der Waals surface area contributed by atoms with E-state index in [1.165, 1.54) is 59.3 Å². The number of nitrogens with one attached hydrogen (secondary N) is 2. The number of H-pyrrole nitrogens is 1. The zero-order valence-electron chi connectivity index (χ0n) is 23.6. The fourth-order valence-electron chi connectivity index (χ4n) is 4.79. The molecule has 3 aromatic carbocycles. The molecule has 1 amide bonds. The first-order valence-corrected chi connectivity index (χ1v) is 13.5. The molecule has 3 heterocycles. The second-order valence-corrected chi connectivity index (χ2v) is 9.96. The van der Waals surface area contributed by atoms with Gasteiger partial charge in [0.15, 0.2) is 17.2 Å². The summed E-state index contributed by atoms with van der Waals surface area (Å²) in [6.45, 7) is 1.82. The molecule has 0 aliphatic carbocycles. The maximum absolute atomic E-state index is 15.4. The van der Waals surface area contributed by atoms with Crippen molar-refractivity contribution >= 4 is 22.6 Å². The number of halogens is 2. The van der Waals surface area contributed by atoms with Crippen LogP contribution in [0.3, 0.4) is 0 Å². The van der Waals surface area contributed by atoms with Gasteiger partial charge in [0, 0.05) is 47.5 Å². The van der Waals surface area contributed by atoms with Gasteiger partial charge in [0.1, 0.15) is 22.9 Å². The van der Waals surface area contributed by atoms with Crippen molar-refractivity contribution in [3.05, 3.63) is 136 Å². The number of amides is 1. The normalized spacial score (nSPS) is 11.0. The van der Waals surface area contributed by atoms with Crippen LogP contribution in [0.1, 0.15) is 27.2 Å². The highest BCUT2D eigenvalue weighted by Crippen LogP contribution is 2.36. The lowest BCUT2D eigenvalue weighted by atomic mass is 10.0. The number of carbonyl (C=O) groups is 1. The SMILES string of the molecule is COc1ccc(Cc2cnc3n[nH]c(C)c3c2Oc2ccc(NC(=O)c3cccn(-c4ccc(F)cc4)c3=O)cc2F)cc1. The van der Waals surface area contributed by atoms with E-state index in [0.29, 0.717) is 40.1 Å². The lowest BCUT2D eigenvalue weighted by Gasteiger charge is -2.14. The molecule has 0 fully saturated rings. The summed E-state index contributed by atoms with van der Waals surface area (Å²) in [5.41, 5.74) is 2.54. The van der Waals surface area contributed by atoms with Gasteiger partial charge >= 0.3 is 0 Å². The van der Waals surface area contributed by atoms with E-state index >= 15 is 4.39 Å². The Hall–Kier alpha value is -5.84. The van der Waals surface area contributed by atoms with Gasteiger partial charge in [-0.25, -0.2) is 13.8 Å². The second-order valence-electron chi connectivity index (χ2n) is 9.96. The Balaban J connectivity index is 1.26. The van der Waals surface area contributed by atoms with Crippen molar-refractivity contribution < 1.29 is 23.0 Å². The molecule has 0 spiro atoms. The Bertz CT molecular complexity index is 2060. The number of ether oxygens (including phenoxy) is 2. The minimum atomic E-state index is -0.735. The van der Waals surface area contributed by atoms with Gasteiger partial charge in [-0.1, -0.05) is 12.1 Å². The maximum atomic E-state index is 15.4. The molecule has 11 heteroatoms. The van der Waals surface area contributed by atoms with Crippen LogP contribution in [0.5, 0.6) is 17.2 Å². The third-order valence-electron chi connectivity index (χ3n) is 7.04. The molecule has 0 radical (unpaired) electrons. The van der Waals surface area contributed by atoms with Gasteiger partial charge in [0.25, 0.3) is 11.5 Å². The van der Waals surface area contributed by atoms with Crippen LogP contribution in [-0.4, -0.2) is 32.8 Å². The number of benzene rings is 3. The van der Waals surface area contributed by atoms with Crippen molar-refractivity contribution in [1.29, 1.82) is 0 Å². The average molecular weight is 594 g/mol. The number of aromatic amines is 1. The van der Waals surface area contributed by atoms with E-state index in [1.807, 2.05) is 31.2 Å². The number of hydrogen-bond donors (Lipinski definition) is 2. The van der Waals surface area contributed by atoms with Gasteiger partial charge in [-0.3, -0.25) is 19.3 Å². The molecule has 9 nitrogen and oxygen atoms in total. The Kier molecular flexibility index (Phi) is 7.59. The number of aryl methyl sites for hydroxylation is 1. The summed E-state index contributed by atoms with van der Waals surface area (Å²) in [7, 11) is 1.60. The van der Waals surface area contributed by atoms with Gasteiger partial charge in [-0.15, -0.1) is 0 Å². The molecule has 0 saturated heterocycles. The Morgan fingerprint density at radius 1 is 1.02 bits per heavy atom. The van der Waals surface area contributed by atoms with E-state index in [1.54, 1.807) is 13.3 Å². The molecule has 44 heavy (non-hydrogen) atoms. The summed E-state index contributed by atoms with van der Waals surface area (Å²) in [5.74, 6) is -0.868. The molecule has 2 N–H and O–H groups in total. The van der Waals surface area contributed by atoms with E-state index in [4.69, 9.17) is 9.47 Å².